The van der Waals surface area contributed by atoms with E-state index >= 15 is 0 Å². The number of pyridine rings is 1. The lowest BCUT2D eigenvalue weighted by molar-refractivity contribution is -0.130. The van der Waals surface area contributed by atoms with Crippen LogP contribution in [0.2, 0.25) is 0 Å². The van der Waals surface area contributed by atoms with Crippen LogP contribution >= 0.6 is 0 Å². The normalized spacial score (nSPS) is 10.6. The molecule has 1 amide bonds. The first-order valence-corrected chi connectivity index (χ1v) is 8.86. The summed E-state index contributed by atoms with van der Waals surface area (Å²) >= 11 is 0. The smallest absolute Gasteiger partial charge is 0.227 e. The van der Waals surface area contributed by atoms with E-state index in [9.17, 15) is 4.79 Å². The molecule has 0 radical (unpaired) electrons. The molecule has 2 aromatic heterocycles. The average Bonchev–Trinajstić information content (AvgIpc) is 3.17. The van der Waals surface area contributed by atoms with Crippen LogP contribution in [0, 0.1) is 0 Å². The Morgan fingerprint density at radius 3 is 2.78 bits per heavy atom. The fourth-order valence-electron chi connectivity index (χ4n) is 2.63. The molecule has 7 heteroatoms. The van der Waals surface area contributed by atoms with Crippen molar-refractivity contribution in [3.63, 3.8) is 0 Å². The van der Waals surface area contributed by atoms with Gasteiger partial charge in [0.2, 0.25) is 17.6 Å². The third kappa shape index (κ3) is 4.91. The van der Waals surface area contributed by atoms with Crippen LogP contribution in [0.25, 0.3) is 11.5 Å². The minimum Gasteiger partial charge on any atom is -0.494 e. The summed E-state index contributed by atoms with van der Waals surface area (Å²) in [7, 11) is 1.78. The van der Waals surface area contributed by atoms with Crippen LogP contribution in [0.1, 0.15) is 24.8 Å². The Hall–Kier alpha value is -3.22. The van der Waals surface area contributed by atoms with Crippen molar-refractivity contribution >= 4 is 5.91 Å². The first kappa shape index (κ1) is 18.6. The maximum absolute atomic E-state index is 12.4. The molecular formula is C20H22N4O3. The van der Waals surface area contributed by atoms with E-state index in [2.05, 4.69) is 15.1 Å². The number of amides is 1. The van der Waals surface area contributed by atoms with E-state index in [1.807, 2.05) is 49.4 Å². The zero-order chi connectivity index (χ0) is 19.1. The van der Waals surface area contributed by atoms with E-state index in [4.69, 9.17) is 9.26 Å². The molecular weight excluding hydrogens is 344 g/mol. The molecule has 0 saturated carbocycles. The summed E-state index contributed by atoms with van der Waals surface area (Å²) in [5, 5.41) is 3.92. The zero-order valence-corrected chi connectivity index (χ0v) is 15.5. The van der Waals surface area contributed by atoms with Gasteiger partial charge in [0.05, 0.1) is 6.61 Å². The van der Waals surface area contributed by atoms with Gasteiger partial charge in [0.1, 0.15) is 11.4 Å². The second-order valence-corrected chi connectivity index (χ2v) is 6.02. The lowest BCUT2D eigenvalue weighted by atomic mass is 10.2. The van der Waals surface area contributed by atoms with E-state index < -0.39 is 0 Å². The Morgan fingerprint density at radius 2 is 2.00 bits per heavy atom. The second-order valence-electron chi connectivity index (χ2n) is 6.02. The number of rotatable bonds is 8. The minimum absolute atomic E-state index is 0.00103. The quantitative estimate of drug-likeness (QED) is 0.609. The standard InChI is InChI=1S/C20H22N4O3/c1-3-26-17-10-5-4-8-15(17)14-24(2)19(25)12-11-18-22-20(23-27-18)16-9-6-7-13-21-16/h4-10,13H,3,11-12,14H2,1-2H3. The molecule has 0 fully saturated rings. The number of hydrogen-bond acceptors (Lipinski definition) is 6. The molecule has 27 heavy (non-hydrogen) atoms. The highest BCUT2D eigenvalue weighted by atomic mass is 16.5. The van der Waals surface area contributed by atoms with Gasteiger partial charge in [-0.05, 0) is 25.1 Å². The van der Waals surface area contributed by atoms with Crippen LogP contribution in [0.15, 0.2) is 53.2 Å². The molecule has 0 saturated heterocycles. The predicted octanol–water partition coefficient (Wildman–Crippen LogP) is 3.12. The van der Waals surface area contributed by atoms with E-state index in [0.717, 1.165) is 11.3 Å². The summed E-state index contributed by atoms with van der Waals surface area (Å²) in [5.41, 5.74) is 1.62. The van der Waals surface area contributed by atoms with Crippen molar-refractivity contribution in [3.8, 4) is 17.3 Å². The van der Waals surface area contributed by atoms with Crippen molar-refractivity contribution in [2.45, 2.75) is 26.3 Å². The summed E-state index contributed by atoms with van der Waals surface area (Å²) < 4.78 is 10.8. The van der Waals surface area contributed by atoms with E-state index in [1.165, 1.54) is 0 Å². The maximum Gasteiger partial charge on any atom is 0.227 e. The lowest BCUT2D eigenvalue weighted by Gasteiger charge is -2.19. The number of nitrogens with zero attached hydrogens (tertiary/aromatic N) is 4. The van der Waals surface area contributed by atoms with Crippen LogP contribution in [-0.4, -0.2) is 39.6 Å². The van der Waals surface area contributed by atoms with Gasteiger partial charge in [0.15, 0.2) is 0 Å². The van der Waals surface area contributed by atoms with Crippen molar-refractivity contribution in [3.05, 3.63) is 60.1 Å². The van der Waals surface area contributed by atoms with Gasteiger partial charge in [0, 0.05) is 38.2 Å². The minimum atomic E-state index is -0.00103. The van der Waals surface area contributed by atoms with Crippen LogP contribution in [-0.2, 0) is 17.8 Å². The topological polar surface area (TPSA) is 81.4 Å². The molecule has 0 spiro atoms. The van der Waals surface area contributed by atoms with Crippen molar-refractivity contribution in [1.82, 2.24) is 20.0 Å². The maximum atomic E-state index is 12.4. The average molecular weight is 366 g/mol. The van der Waals surface area contributed by atoms with Crippen LogP contribution < -0.4 is 4.74 Å². The highest BCUT2D eigenvalue weighted by Crippen LogP contribution is 2.20. The van der Waals surface area contributed by atoms with Gasteiger partial charge >= 0.3 is 0 Å². The van der Waals surface area contributed by atoms with Crippen molar-refractivity contribution in [2.24, 2.45) is 0 Å². The van der Waals surface area contributed by atoms with Gasteiger partial charge in [-0.2, -0.15) is 4.98 Å². The molecule has 0 aliphatic carbocycles. The molecule has 2 heterocycles. The number of carbonyl (C=O) groups excluding carboxylic acids is 1. The highest BCUT2D eigenvalue weighted by Gasteiger charge is 2.15. The van der Waals surface area contributed by atoms with Gasteiger partial charge < -0.3 is 14.2 Å². The van der Waals surface area contributed by atoms with Gasteiger partial charge in [-0.3, -0.25) is 9.78 Å². The van der Waals surface area contributed by atoms with Crippen LogP contribution in [0.3, 0.4) is 0 Å². The SMILES string of the molecule is CCOc1ccccc1CN(C)C(=O)CCc1nc(-c2ccccn2)no1. The second kappa shape index (κ2) is 8.93. The molecule has 0 aliphatic rings. The van der Waals surface area contributed by atoms with E-state index in [1.54, 1.807) is 18.1 Å². The Labute approximate surface area is 158 Å². The molecule has 3 rings (SSSR count). The fraction of sp³-hybridized carbons (Fsp3) is 0.300. The summed E-state index contributed by atoms with van der Waals surface area (Å²) in [5.74, 6) is 1.65. The Balaban J connectivity index is 1.56. The molecule has 3 aromatic rings. The number of benzene rings is 1. The Bertz CT molecular complexity index is 880. The molecule has 7 nitrogen and oxygen atoms in total. The summed E-state index contributed by atoms with van der Waals surface area (Å²) in [6.07, 6.45) is 2.34. The Kier molecular flexibility index (Phi) is 6.14. The number of para-hydroxylation sites is 1. The zero-order valence-electron chi connectivity index (χ0n) is 15.5. The number of hydrogen-bond donors (Lipinski definition) is 0. The van der Waals surface area contributed by atoms with Gasteiger partial charge in [0.25, 0.3) is 0 Å². The molecule has 0 atom stereocenters. The highest BCUT2D eigenvalue weighted by molar-refractivity contribution is 5.76. The van der Waals surface area contributed by atoms with Crippen LogP contribution in [0.5, 0.6) is 5.75 Å². The third-order valence-electron chi connectivity index (χ3n) is 4.02. The van der Waals surface area contributed by atoms with Crippen molar-refractivity contribution in [1.29, 1.82) is 0 Å². The van der Waals surface area contributed by atoms with Crippen LogP contribution in [0.4, 0.5) is 0 Å². The number of ether oxygens (including phenoxy) is 1. The van der Waals surface area contributed by atoms with Gasteiger partial charge in [-0.25, -0.2) is 0 Å². The van der Waals surface area contributed by atoms with E-state index in [-0.39, 0.29) is 12.3 Å². The van der Waals surface area contributed by atoms with Crippen molar-refractivity contribution in [2.75, 3.05) is 13.7 Å². The summed E-state index contributed by atoms with van der Waals surface area (Å²) in [6, 6.07) is 13.2. The Morgan fingerprint density at radius 1 is 1.19 bits per heavy atom. The van der Waals surface area contributed by atoms with Gasteiger partial charge in [-0.1, -0.05) is 29.4 Å². The fourth-order valence-corrected chi connectivity index (χ4v) is 2.63. The molecule has 0 N–H and O–H groups in total. The number of aryl methyl sites for hydroxylation is 1. The van der Waals surface area contributed by atoms with Crippen molar-refractivity contribution < 1.29 is 14.1 Å². The predicted molar refractivity (Wildman–Crippen MR) is 99.9 cm³/mol. The lowest BCUT2D eigenvalue weighted by Crippen LogP contribution is -2.26. The summed E-state index contributed by atoms with van der Waals surface area (Å²) in [6.45, 7) is 3.01. The largest absolute Gasteiger partial charge is 0.494 e. The molecule has 0 bridgehead atoms. The molecule has 1 aromatic carbocycles. The van der Waals surface area contributed by atoms with E-state index in [0.29, 0.717) is 37.0 Å². The first-order chi connectivity index (χ1) is 13.2. The number of aromatic nitrogens is 3. The van der Waals surface area contributed by atoms with Gasteiger partial charge in [-0.15, -0.1) is 0 Å². The summed E-state index contributed by atoms with van der Waals surface area (Å²) in [4.78, 5) is 22.6. The molecule has 140 valence electrons. The third-order valence-corrected chi connectivity index (χ3v) is 4.02. The monoisotopic (exact) mass is 366 g/mol. The molecule has 0 unspecified atom stereocenters. The first-order valence-electron chi connectivity index (χ1n) is 8.86. The number of carbonyl (C=O) groups is 1. The molecule has 0 aliphatic heterocycles.